The molecule has 19 heavy (non-hydrogen) atoms. The van der Waals surface area contributed by atoms with Crippen LogP contribution in [0.2, 0.25) is 0 Å². The van der Waals surface area contributed by atoms with Gasteiger partial charge in [0, 0.05) is 18.7 Å². The van der Waals surface area contributed by atoms with Gasteiger partial charge in [-0.1, -0.05) is 23.8 Å². The van der Waals surface area contributed by atoms with E-state index in [1.165, 1.54) is 5.56 Å². The fourth-order valence-electron chi connectivity index (χ4n) is 2.40. The molecule has 0 radical (unpaired) electrons. The van der Waals surface area contributed by atoms with Gasteiger partial charge in [-0.3, -0.25) is 4.90 Å². The van der Waals surface area contributed by atoms with Crippen LogP contribution in [0.3, 0.4) is 0 Å². The van der Waals surface area contributed by atoms with Crippen LogP contribution in [0.1, 0.15) is 11.3 Å². The van der Waals surface area contributed by atoms with Crippen LogP contribution in [-0.4, -0.2) is 31.2 Å². The van der Waals surface area contributed by atoms with Crippen molar-refractivity contribution in [2.24, 2.45) is 0 Å². The number of nitrogens with zero attached hydrogens (tertiary/aromatic N) is 1. The van der Waals surface area contributed by atoms with Crippen molar-refractivity contribution in [2.75, 3.05) is 26.3 Å². The second-order valence-corrected chi connectivity index (χ2v) is 5.02. The molecule has 3 heteroatoms. The SMILES string of the molecule is Cc1cccc(-c2ccc(CN3CCOCC3)o2)c1. The Hall–Kier alpha value is -1.58. The van der Waals surface area contributed by atoms with Gasteiger partial charge in [0.2, 0.25) is 0 Å². The monoisotopic (exact) mass is 257 g/mol. The minimum Gasteiger partial charge on any atom is -0.460 e. The number of hydrogen-bond acceptors (Lipinski definition) is 3. The first-order chi connectivity index (χ1) is 9.31. The van der Waals surface area contributed by atoms with Crippen molar-refractivity contribution in [1.29, 1.82) is 0 Å². The van der Waals surface area contributed by atoms with Crippen molar-refractivity contribution in [3.63, 3.8) is 0 Å². The van der Waals surface area contributed by atoms with Gasteiger partial charge in [0.25, 0.3) is 0 Å². The summed E-state index contributed by atoms with van der Waals surface area (Å²) in [4.78, 5) is 2.36. The number of aryl methyl sites for hydroxylation is 1. The molecule has 0 amide bonds. The maximum Gasteiger partial charge on any atom is 0.134 e. The molecular formula is C16H19NO2. The third kappa shape index (κ3) is 3.06. The summed E-state index contributed by atoms with van der Waals surface area (Å²) < 4.78 is 11.3. The quantitative estimate of drug-likeness (QED) is 0.845. The van der Waals surface area contributed by atoms with Crippen LogP contribution >= 0.6 is 0 Å². The maximum absolute atomic E-state index is 5.94. The molecule has 0 aliphatic carbocycles. The van der Waals surface area contributed by atoms with E-state index in [-0.39, 0.29) is 0 Å². The Kier molecular flexibility index (Phi) is 3.67. The van der Waals surface area contributed by atoms with Crippen molar-refractivity contribution in [1.82, 2.24) is 4.90 Å². The van der Waals surface area contributed by atoms with Gasteiger partial charge in [-0.2, -0.15) is 0 Å². The molecule has 2 heterocycles. The van der Waals surface area contributed by atoms with E-state index in [1.54, 1.807) is 0 Å². The highest BCUT2D eigenvalue weighted by Crippen LogP contribution is 2.23. The Labute approximate surface area is 113 Å². The first kappa shape index (κ1) is 12.5. The van der Waals surface area contributed by atoms with Gasteiger partial charge in [-0.15, -0.1) is 0 Å². The van der Waals surface area contributed by atoms with Gasteiger partial charge in [-0.25, -0.2) is 0 Å². The minimum atomic E-state index is 0.825. The van der Waals surface area contributed by atoms with Gasteiger partial charge < -0.3 is 9.15 Å². The molecule has 1 saturated heterocycles. The van der Waals surface area contributed by atoms with Crippen molar-refractivity contribution in [3.8, 4) is 11.3 Å². The van der Waals surface area contributed by atoms with E-state index < -0.39 is 0 Å². The fourth-order valence-corrected chi connectivity index (χ4v) is 2.40. The molecule has 0 N–H and O–H groups in total. The standard InChI is InChI=1S/C16H19NO2/c1-13-3-2-4-14(11-13)16-6-5-15(19-16)12-17-7-9-18-10-8-17/h2-6,11H,7-10,12H2,1H3. The topological polar surface area (TPSA) is 25.6 Å². The normalized spacial score (nSPS) is 16.7. The number of benzene rings is 1. The van der Waals surface area contributed by atoms with Crippen molar-refractivity contribution in [2.45, 2.75) is 13.5 Å². The molecule has 0 bridgehead atoms. The molecule has 3 rings (SSSR count). The molecule has 1 aromatic carbocycles. The molecule has 1 aliphatic rings. The second-order valence-electron chi connectivity index (χ2n) is 5.02. The van der Waals surface area contributed by atoms with Crippen LogP contribution in [0.25, 0.3) is 11.3 Å². The summed E-state index contributed by atoms with van der Waals surface area (Å²) in [6, 6.07) is 12.5. The molecule has 100 valence electrons. The Bertz CT molecular complexity index is 541. The molecule has 1 aliphatic heterocycles. The first-order valence-electron chi connectivity index (χ1n) is 6.77. The molecule has 0 unspecified atom stereocenters. The third-order valence-electron chi connectivity index (χ3n) is 3.45. The highest BCUT2D eigenvalue weighted by atomic mass is 16.5. The predicted octanol–water partition coefficient (Wildman–Crippen LogP) is 3.09. The van der Waals surface area contributed by atoms with Crippen LogP contribution in [0.4, 0.5) is 0 Å². The minimum absolute atomic E-state index is 0.825. The molecule has 0 atom stereocenters. The lowest BCUT2D eigenvalue weighted by molar-refractivity contribution is 0.0314. The van der Waals surface area contributed by atoms with Crippen LogP contribution in [-0.2, 0) is 11.3 Å². The summed E-state index contributed by atoms with van der Waals surface area (Å²) >= 11 is 0. The van der Waals surface area contributed by atoms with E-state index in [0.29, 0.717) is 0 Å². The third-order valence-corrected chi connectivity index (χ3v) is 3.45. The van der Waals surface area contributed by atoms with E-state index in [0.717, 1.165) is 49.9 Å². The molecular weight excluding hydrogens is 238 g/mol. The van der Waals surface area contributed by atoms with Gasteiger partial charge in [0.15, 0.2) is 0 Å². The van der Waals surface area contributed by atoms with Gasteiger partial charge >= 0.3 is 0 Å². The largest absolute Gasteiger partial charge is 0.460 e. The predicted molar refractivity (Wildman–Crippen MR) is 75.0 cm³/mol. The molecule has 0 saturated carbocycles. The zero-order valence-electron chi connectivity index (χ0n) is 11.3. The Morgan fingerprint density at radius 1 is 1.11 bits per heavy atom. The van der Waals surface area contributed by atoms with Crippen molar-refractivity contribution in [3.05, 3.63) is 47.7 Å². The van der Waals surface area contributed by atoms with E-state index in [4.69, 9.17) is 9.15 Å². The summed E-state index contributed by atoms with van der Waals surface area (Å²) in [6.45, 7) is 6.59. The first-order valence-corrected chi connectivity index (χ1v) is 6.77. The number of furan rings is 1. The fraction of sp³-hybridized carbons (Fsp3) is 0.375. The van der Waals surface area contributed by atoms with E-state index in [9.17, 15) is 0 Å². The highest BCUT2D eigenvalue weighted by molar-refractivity contribution is 5.58. The second kappa shape index (κ2) is 5.59. The van der Waals surface area contributed by atoms with E-state index in [1.807, 2.05) is 0 Å². The van der Waals surface area contributed by atoms with Gasteiger partial charge in [0.1, 0.15) is 11.5 Å². The summed E-state index contributed by atoms with van der Waals surface area (Å²) in [5.74, 6) is 1.98. The van der Waals surface area contributed by atoms with E-state index >= 15 is 0 Å². The lowest BCUT2D eigenvalue weighted by Gasteiger charge is -2.25. The smallest absolute Gasteiger partial charge is 0.134 e. The number of rotatable bonds is 3. The van der Waals surface area contributed by atoms with Crippen LogP contribution in [0.5, 0.6) is 0 Å². The summed E-state index contributed by atoms with van der Waals surface area (Å²) in [6.07, 6.45) is 0. The lowest BCUT2D eigenvalue weighted by Crippen LogP contribution is -2.35. The van der Waals surface area contributed by atoms with Crippen molar-refractivity contribution >= 4 is 0 Å². The number of hydrogen-bond donors (Lipinski definition) is 0. The van der Waals surface area contributed by atoms with Crippen LogP contribution < -0.4 is 0 Å². The summed E-state index contributed by atoms with van der Waals surface area (Å²) in [5.41, 5.74) is 2.40. The molecule has 3 nitrogen and oxygen atoms in total. The Morgan fingerprint density at radius 2 is 1.95 bits per heavy atom. The Balaban J connectivity index is 1.72. The number of ether oxygens (including phenoxy) is 1. The number of morpholine rings is 1. The van der Waals surface area contributed by atoms with Gasteiger partial charge in [0.05, 0.1) is 19.8 Å². The molecule has 1 aromatic heterocycles. The van der Waals surface area contributed by atoms with Gasteiger partial charge in [-0.05, 0) is 25.1 Å². The summed E-state index contributed by atoms with van der Waals surface area (Å²) in [7, 11) is 0. The maximum atomic E-state index is 5.94. The highest BCUT2D eigenvalue weighted by Gasteiger charge is 2.13. The zero-order chi connectivity index (χ0) is 13.1. The molecule has 2 aromatic rings. The van der Waals surface area contributed by atoms with Crippen molar-refractivity contribution < 1.29 is 9.15 Å². The zero-order valence-corrected chi connectivity index (χ0v) is 11.3. The molecule has 1 fully saturated rings. The van der Waals surface area contributed by atoms with Crippen LogP contribution in [0.15, 0.2) is 40.8 Å². The van der Waals surface area contributed by atoms with Crippen LogP contribution in [0, 0.1) is 6.92 Å². The lowest BCUT2D eigenvalue weighted by atomic mass is 10.1. The van der Waals surface area contributed by atoms with E-state index in [2.05, 4.69) is 48.2 Å². The summed E-state index contributed by atoms with van der Waals surface area (Å²) in [5, 5.41) is 0. The average Bonchev–Trinajstić information content (AvgIpc) is 2.88. The average molecular weight is 257 g/mol. The molecule has 0 spiro atoms. The Morgan fingerprint density at radius 3 is 2.74 bits per heavy atom.